The van der Waals surface area contributed by atoms with Gasteiger partial charge in [0.25, 0.3) is 0 Å². The summed E-state index contributed by atoms with van der Waals surface area (Å²) in [7, 11) is 1.62. The molecule has 0 saturated heterocycles. The van der Waals surface area contributed by atoms with Crippen molar-refractivity contribution in [1.82, 2.24) is 4.98 Å². The van der Waals surface area contributed by atoms with Crippen molar-refractivity contribution in [3.8, 4) is 0 Å². The highest BCUT2D eigenvalue weighted by atomic mass is 35.5. The molecule has 0 aromatic carbocycles. The number of hydrogen-bond donors (Lipinski definition) is 1. The maximum Gasteiger partial charge on any atom is 0.129 e. The van der Waals surface area contributed by atoms with Gasteiger partial charge >= 0.3 is 0 Å². The maximum absolute atomic E-state index is 5.85. The van der Waals surface area contributed by atoms with Gasteiger partial charge in [0, 0.05) is 13.3 Å². The number of rotatable bonds is 3. The number of aryl methyl sites for hydroxylation is 1. The van der Waals surface area contributed by atoms with Gasteiger partial charge in [0.1, 0.15) is 5.15 Å². The molecule has 1 aromatic rings. The molecule has 1 unspecified atom stereocenters. The van der Waals surface area contributed by atoms with Crippen molar-refractivity contribution in [2.24, 2.45) is 5.73 Å². The average molecular weight is 201 g/mol. The number of nitrogens with zero attached hydrogens (tertiary/aromatic N) is 1. The molecule has 0 aliphatic heterocycles. The summed E-state index contributed by atoms with van der Waals surface area (Å²) in [6.07, 6.45) is 1.70. The van der Waals surface area contributed by atoms with E-state index in [0.717, 1.165) is 11.1 Å². The van der Waals surface area contributed by atoms with E-state index in [1.54, 1.807) is 19.4 Å². The summed E-state index contributed by atoms with van der Waals surface area (Å²) in [5.74, 6) is 0. The molecular weight excluding hydrogens is 188 g/mol. The fourth-order valence-corrected chi connectivity index (χ4v) is 1.40. The van der Waals surface area contributed by atoms with Gasteiger partial charge in [0.15, 0.2) is 0 Å². The van der Waals surface area contributed by atoms with Gasteiger partial charge in [-0.3, -0.25) is 0 Å². The lowest BCUT2D eigenvalue weighted by Crippen LogP contribution is -2.17. The number of nitrogens with two attached hydrogens (primary N) is 1. The molecule has 0 amide bonds. The van der Waals surface area contributed by atoms with Crippen LogP contribution in [0.15, 0.2) is 12.3 Å². The van der Waals surface area contributed by atoms with Gasteiger partial charge in [-0.05, 0) is 24.1 Å². The molecule has 1 aromatic heterocycles. The highest BCUT2D eigenvalue weighted by molar-refractivity contribution is 6.29. The third-order valence-corrected chi connectivity index (χ3v) is 2.07. The molecule has 1 rings (SSSR count). The highest BCUT2D eigenvalue weighted by Crippen LogP contribution is 2.17. The summed E-state index contributed by atoms with van der Waals surface area (Å²) in [6, 6.07) is 1.67. The van der Waals surface area contributed by atoms with Gasteiger partial charge in [0.2, 0.25) is 0 Å². The zero-order valence-corrected chi connectivity index (χ0v) is 8.51. The molecule has 13 heavy (non-hydrogen) atoms. The smallest absolute Gasteiger partial charge is 0.129 e. The largest absolute Gasteiger partial charge is 0.383 e. The van der Waals surface area contributed by atoms with E-state index in [1.807, 2.05) is 6.92 Å². The predicted molar refractivity (Wildman–Crippen MR) is 52.8 cm³/mol. The minimum Gasteiger partial charge on any atom is -0.383 e. The number of methoxy groups -OCH3 is 1. The molecule has 0 radical (unpaired) electrons. The Hall–Kier alpha value is -0.640. The van der Waals surface area contributed by atoms with E-state index < -0.39 is 0 Å². The molecular formula is C9H13ClN2O. The molecule has 1 heterocycles. The summed E-state index contributed by atoms with van der Waals surface area (Å²) in [5, 5.41) is 0.492. The van der Waals surface area contributed by atoms with Crippen molar-refractivity contribution < 1.29 is 4.74 Å². The molecule has 0 aliphatic rings. The molecule has 0 aliphatic carbocycles. The van der Waals surface area contributed by atoms with E-state index in [4.69, 9.17) is 22.1 Å². The Morgan fingerprint density at radius 2 is 2.38 bits per heavy atom. The number of ether oxygens (including phenoxy) is 1. The quantitative estimate of drug-likeness (QED) is 0.756. The third-order valence-electron chi connectivity index (χ3n) is 1.86. The predicted octanol–water partition coefficient (Wildman–Crippen LogP) is 1.69. The van der Waals surface area contributed by atoms with Crippen LogP contribution in [0.4, 0.5) is 0 Å². The van der Waals surface area contributed by atoms with E-state index in [9.17, 15) is 0 Å². The standard InChI is InChI=1S/C9H13ClN2O/c1-6-3-9(10)12-4-7(6)8(11)5-13-2/h3-4,8H,5,11H2,1-2H3. The van der Waals surface area contributed by atoms with E-state index in [-0.39, 0.29) is 6.04 Å². The van der Waals surface area contributed by atoms with E-state index in [0.29, 0.717) is 11.8 Å². The monoisotopic (exact) mass is 200 g/mol. The van der Waals surface area contributed by atoms with Gasteiger partial charge in [-0.1, -0.05) is 11.6 Å². The Balaban J connectivity index is 2.88. The first kappa shape index (κ1) is 10.4. The summed E-state index contributed by atoms with van der Waals surface area (Å²) in [5.41, 5.74) is 7.87. The summed E-state index contributed by atoms with van der Waals surface area (Å²) < 4.78 is 4.96. The number of hydrogen-bond acceptors (Lipinski definition) is 3. The Morgan fingerprint density at radius 1 is 1.69 bits per heavy atom. The van der Waals surface area contributed by atoms with Crippen molar-refractivity contribution in [2.75, 3.05) is 13.7 Å². The molecule has 1 atom stereocenters. The minimum absolute atomic E-state index is 0.130. The summed E-state index contributed by atoms with van der Waals surface area (Å²) >= 11 is 5.72. The van der Waals surface area contributed by atoms with Crippen LogP contribution in [-0.2, 0) is 4.74 Å². The van der Waals surface area contributed by atoms with E-state index >= 15 is 0 Å². The van der Waals surface area contributed by atoms with Crippen LogP contribution >= 0.6 is 11.6 Å². The minimum atomic E-state index is -0.130. The first-order valence-electron chi connectivity index (χ1n) is 4.01. The molecule has 72 valence electrons. The lowest BCUT2D eigenvalue weighted by Gasteiger charge is -2.12. The van der Waals surface area contributed by atoms with Crippen LogP contribution in [0.3, 0.4) is 0 Å². The Bertz CT molecular complexity index is 291. The second-order valence-electron chi connectivity index (χ2n) is 2.93. The fourth-order valence-electron chi connectivity index (χ4n) is 1.19. The van der Waals surface area contributed by atoms with Crippen LogP contribution < -0.4 is 5.73 Å². The second kappa shape index (κ2) is 4.56. The third kappa shape index (κ3) is 2.66. The van der Waals surface area contributed by atoms with Gasteiger partial charge < -0.3 is 10.5 Å². The van der Waals surface area contributed by atoms with Crippen molar-refractivity contribution in [1.29, 1.82) is 0 Å². The van der Waals surface area contributed by atoms with Crippen LogP contribution in [-0.4, -0.2) is 18.7 Å². The van der Waals surface area contributed by atoms with Gasteiger partial charge in [-0.25, -0.2) is 4.98 Å². The van der Waals surface area contributed by atoms with Crippen molar-refractivity contribution >= 4 is 11.6 Å². The second-order valence-corrected chi connectivity index (χ2v) is 3.31. The normalized spacial score (nSPS) is 12.9. The Kier molecular flexibility index (Phi) is 3.66. The molecule has 3 nitrogen and oxygen atoms in total. The van der Waals surface area contributed by atoms with Gasteiger partial charge in [0.05, 0.1) is 12.6 Å². The number of halogens is 1. The van der Waals surface area contributed by atoms with Crippen LogP contribution in [0, 0.1) is 6.92 Å². The van der Waals surface area contributed by atoms with Crippen LogP contribution in [0.1, 0.15) is 17.2 Å². The topological polar surface area (TPSA) is 48.1 Å². The first-order valence-corrected chi connectivity index (χ1v) is 4.39. The highest BCUT2D eigenvalue weighted by Gasteiger charge is 2.09. The maximum atomic E-state index is 5.85. The zero-order chi connectivity index (χ0) is 9.84. The van der Waals surface area contributed by atoms with Crippen LogP contribution in [0.2, 0.25) is 5.15 Å². The van der Waals surface area contributed by atoms with Gasteiger partial charge in [-0.2, -0.15) is 0 Å². The lowest BCUT2D eigenvalue weighted by molar-refractivity contribution is 0.180. The summed E-state index contributed by atoms with van der Waals surface area (Å²) in [4.78, 5) is 3.97. The Labute approximate surface area is 82.9 Å². The van der Waals surface area contributed by atoms with Gasteiger partial charge in [-0.15, -0.1) is 0 Å². The molecule has 4 heteroatoms. The molecule has 2 N–H and O–H groups in total. The molecule has 0 fully saturated rings. The molecule has 0 spiro atoms. The lowest BCUT2D eigenvalue weighted by atomic mass is 10.1. The average Bonchev–Trinajstić information content (AvgIpc) is 2.04. The number of aromatic nitrogens is 1. The SMILES string of the molecule is COCC(N)c1cnc(Cl)cc1C. The van der Waals surface area contributed by atoms with Crippen LogP contribution in [0.5, 0.6) is 0 Å². The Morgan fingerprint density at radius 3 is 2.92 bits per heavy atom. The van der Waals surface area contributed by atoms with Crippen molar-refractivity contribution in [3.63, 3.8) is 0 Å². The van der Waals surface area contributed by atoms with E-state index in [2.05, 4.69) is 4.98 Å². The van der Waals surface area contributed by atoms with Crippen molar-refractivity contribution in [3.05, 3.63) is 28.5 Å². The van der Waals surface area contributed by atoms with Crippen LogP contribution in [0.25, 0.3) is 0 Å². The van der Waals surface area contributed by atoms with Crippen molar-refractivity contribution in [2.45, 2.75) is 13.0 Å². The first-order chi connectivity index (χ1) is 6.15. The fraction of sp³-hybridized carbons (Fsp3) is 0.444. The summed E-state index contributed by atoms with van der Waals surface area (Å²) in [6.45, 7) is 2.45. The molecule has 0 bridgehead atoms. The van der Waals surface area contributed by atoms with E-state index in [1.165, 1.54) is 0 Å². The molecule has 0 saturated carbocycles. The number of pyridine rings is 1. The zero-order valence-electron chi connectivity index (χ0n) is 7.75.